The number of benzene rings is 2. The summed E-state index contributed by atoms with van der Waals surface area (Å²) in [5.41, 5.74) is 16.8. The van der Waals surface area contributed by atoms with Crippen molar-refractivity contribution >= 4 is 22.9 Å². The Morgan fingerprint density at radius 2 is 1.83 bits per heavy atom. The van der Waals surface area contributed by atoms with Gasteiger partial charge in [-0.1, -0.05) is 68.7 Å². The number of ketones is 1. The fraction of sp³-hybridized carbons (Fsp3) is 0.464. The van der Waals surface area contributed by atoms with E-state index in [0.717, 1.165) is 73.2 Å². The van der Waals surface area contributed by atoms with Gasteiger partial charge in [-0.25, -0.2) is 11.0 Å². The minimum atomic E-state index is 0.140. The van der Waals surface area contributed by atoms with Crippen LogP contribution < -0.4 is 15.8 Å². The first-order valence-corrected chi connectivity index (χ1v) is 12.9. The van der Waals surface area contributed by atoms with Gasteiger partial charge in [0.25, 0.3) is 0 Å². The number of anilines is 1. The van der Waals surface area contributed by atoms with Gasteiger partial charge in [0.15, 0.2) is 5.78 Å². The molecule has 1 fully saturated rings. The van der Waals surface area contributed by atoms with Crippen LogP contribution in [0.25, 0.3) is 11.4 Å². The van der Waals surface area contributed by atoms with Crippen LogP contribution in [0.5, 0.6) is 0 Å². The molecule has 2 aliphatic rings. The van der Waals surface area contributed by atoms with E-state index in [1.54, 1.807) is 0 Å². The zero-order chi connectivity index (χ0) is 24.5. The Balaban J connectivity index is 1.65. The van der Waals surface area contributed by atoms with E-state index in [1.165, 1.54) is 0 Å². The summed E-state index contributed by atoms with van der Waals surface area (Å²) in [5, 5.41) is 9.52. The van der Waals surface area contributed by atoms with Crippen LogP contribution in [0.3, 0.4) is 0 Å². The fourth-order valence-corrected chi connectivity index (χ4v) is 4.93. The smallest absolute Gasteiger partial charge is 0.154 e. The van der Waals surface area contributed by atoms with Gasteiger partial charge < -0.3 is 15.1 Å². The highest BCUT2D eigenvalue weighted by Gasteiger charge is 2.26. The van der Waals surface area contributed by atoms with Crippen LogP contribution in [0.15, 0.2) is 53.6 Å². The van der Waals surface area contributed by atoms with Gasteiger partial charge in [0.1, 0.15) is 5.70 Å². The summed E-state index contributed by atoms with van der Waals surface area (Å²) in [6, 6.07) is 16.2. The lowest BCUT2D eigenvalue weighted by Crippen LogP contribution is -2.41. The van der Waals surface area contributed by atoms with Crippen LogP contribution in [-0.4, -0.2) is 32.1 Å². The molecular formula is C28H37N5O2. The highest BCUT2D eigenvalue weighted by molar-refractivity contribution is 5.96. The van der Waals surface area contributed by atoms with Crippen molar-refractivity contribution < 1.29 is 9.53 Å². The topological polar surface area (TPSA) is 89.8 Å². The molecule has 4 rings (SSSR count). The molecule has 1 saturated carbocycles. The monoisotopic (exact) mass is 475 g/mol. The number of fused-ring (bicyclic) bond motifs is 2. The van der Waals surface area contributed by atoms with Gasteiger partial charge in [-0.3, -0.25) is 4.79 Å². The summed E-state index contributed by atoms with van der Waals surface area (Å²) in [6.45, 7) is 5.11. The average Bonchev–Trinajstić information content (AvgIpc) is 3.43. The van der Waals surface area contributed by atoms with Gasteiger partial charge >= 0.3 is 0 Å². The normalized spacial score (nSPS) is 17.9. The van der Waals surface area contributed by atoms with E-state index in [1.807, 2.05) is 36.4 Å². The molecule has 0 atom stereocenters. The molecule has 0 saturated heterocycles. The molecule has 1 heterocycles. The van der Waals surface area contributed by atoms with Crippen LogP contribution >= 0.6 is 0 Å². The Kier molecular flexibility index (Phi) is 9.03. The molecule has 3 N–H and O–H groups in total. The van der Waals surface area contributed by atoms with E-state index < -0.39 is 0 Å². The maximum absolute atomic E-state index is 12.9. The number of carbonyl (C=O) groups excluding carboxylic acids is 1. The number of Topliss-reactive ketones (excluding diaryl/α,β-unsaturated/α-hetero) is 1. The molecule has 1 aliphatic heterocycles. The predicted molar refractivity (Wildman–Crippen MR) is 140 cm³/mol. The van der Waals surface area contributed by atoms with Crippen LogP contribution in [0.1, 0.15) is 62.1 Å². The number of rotatable bonds is 12. The van der Waals surface area contributed by atoms with Crippen molar-refractivity contribution in [3.05, 3.63) is 65.2 Å². The van der Waals surface area contributed by atoms with Crippen molar-refractivity contribution in [1.29, 1.82) is 5.53 Å². The van der Waals surface area contributed by atoms with Gasteiger partial charge in [0, 0.05) is 30.2 Å². The van der Waals surface area contributed by atoms with E-state index in [0.29, 0.717) is 25.4 Å². The molecule has 2 aromatic carbocycles. The van der Waals surface area contributed by atoms with E-state index >= 15 is 0 Å². The third-order valence-electron chi connectivity index (χ3n) is 6.85. The van der Waals surface area contributed by atoms with Crippen molar-refractivity contribution in [1.82, 2.24) is 10.7 Å². The molecule has 0 radical (unpaired) electrons. The van der Waals surface area contributed by atoms with Gasteiger partial charge in [0.05, 0.1) is 31.1 Å². The third-order valence-corrected chi connectivity index (χ3v) is 6.85. The number of hydrogen-bond donors (Lipinski definition) is 3. The molecule has 0 bridgehead atoms. The summed E-state index contributed by atoms with van der Waals surface area (Å²) in [5.74, 6) is 0.382. The maximum atomic E-state index is 12.9. The molecule has 0 unspecified atom stereocenters. The number of nitrogens with one attached hydrogen (secondary N) is 3. The summed E-state index contributed by atoms with van der Waals surface area (Å²) in [4.78, 5) is 12.9. The number of unbranched alkanes of at least 4 members (excludes halogenated alkanes) is 1. The van der Waals surface area contributed by atoms with E-state index in [2.05, 4.69) is 39.9 Å². The van der Waals surface area contributed by atoms with Crippen molar-refractivity contribution in [3.8, 4) is 0 Å². The number of hydrogen-bond acceptors (Lipinski definition) is 7. The van der Waals surface area contributed by atoms with Gasteiger partial charge in [0.2, 0.25) is 0 Å². The predicted octanol–water partition coefficient (Wildman–Crippen LogP) is 5.53. The van der Waals surface area contributed by atoms with Crippen molar-refractivity contribution in [2.75, 3.05) is 31.3 Å². The molecule has 7 nitrogen and oxygen atoms in total. The number of carbonyl (C=O) groups is 1. The lowest BCUT2D eigenvalue weighted by Gasteiger charge is -2.32. The molecule has 2 aromatic rings. The van der Waals surface area contributed by atoms with Crippen LogP contribution in [0.2, 0.25) is 0 Å². The quantitative estimate of drug-likeness (QED) is 0.277. The van der Waals surface area contributed by atoms with Gasteiger partial charge in [-0.2, -0.15) is 5.11 Å². The zero-order valence-corrected chi connectivity index (χ0v) is 20.7. The highest BCUT2D eigenvalue weighted by atomic mass is 16.5. The van der Waals surface area contributed by atoms with Crippen LogP contribution in [-0.2, 0) is 16.1 Å². The minimum Gasteiger partial charge on any atom is -0.380 e. The standard InChI is InChI=1S/C28H37N5O2/c1-2-3-17-35-18-16-31-33-20-22-12-6-7-13-23(22)28(32-29)27(24-14-8-9-15-25(24)33)30-19-26(34)21-10-4-5-11-21/h6-9,12-15,21,29-31H,2-5,10-11,16-20H2,1H3/b28-27-,32-29?. The second kappa shape index (κ2) is 12.6. The third kappa shape index (κ3) is 6.16. The average molecular weight is 476 g/mol. The molecule has 0 aromatic heterocycles. The summed E-state index contributed by atoms with van der Waals surface area (Å²) in [7, 11) is 0. The second-order valence-electron chi connectivity index (χ2n) is 9.27. The fourth-order valence-electron chi connectivity index (χ4n) is 4.93. The van der Waals surface area contributed by atoms with E-state index in [4.69, 9.17) is 10.3 Å². The maximum Gasteiger partial charge on any atom is 0.154 e. The Bertz CT molecular complexity index is 1050. The van der Waals surface area contributed by atoms with Gasteiger partial charge in [-0.05, 0) is 30.9 Å². The van der Waals surface area contributed by atoms with Crippen molar-refractivity contribution in [2.45, 2.75) is 52.0 Å². The number of ether oxygens (including phenoxy) is 1. The number of nitrogens with zero attached hydrogens (tertiary/aromatic N) is 2. The molecule has 1 aliphatic carbocycles. The Morgan fingerprint density at radius 1 is 1.09 bits per heavy atom. The molecule has 0 spiro atoms. The molecule has 7 heteroatoms. The first-order valence-electron chi connectivity index (χ1n) is 12.9. The van der Waals surface area contributed by atoms with E-state index in [9.17, 15) is 4.79 Å². The van der Waals surface area contributed by atoms with Crippen molar-refractivity contribution in [3.63, 3.8) is 0 Å². The second-order valence-corrected chi connectivity index (χ2v) is 9.27. The lowest BCUT2D eigenvalue weighted by atomic mass is 9.96. The van der Waals surface area contributed by atoms with Crippen LogP contribution in [0.4, 0.5) is 5.69 Å². The summed E-state index contributed by atoms with van der Waals surface area (Å²) in [6.07, 6.45) is 6.41. The number of para-hydroxylation sites is 1. The first-order chi connectivity index (χ1) is 17.2. The van der Waals surface area contributed by atoms with Crippen LogP contribution in [0, 0.1) is 11.4 Å². The summed E-state index contributed by atoms with van der Waals surface area (Å²) >= 11 is 0. The minimum absolute atomic E-state index is 0.140. The molecule has 35 heavy (non-hydrogen) atoms. The van der Waals surface area contributed by atoms with Crippen molar-refractivity contribution in [2.24, 2.45) is 11.0 Å². The first kappa shape index (κ1) is 25.1. The molecule has 0 amide bonds. The number of hydrazine groups is 1. The molecular weight excluding hydrogens is 438 g/mol. The Hall–Kier alpha value is -3.03. The SMILES string of the molecule is CCCCOCCNN1Cc2ccccc2/C(N=N)=C(/NCC(=O)C2CCCC2)c2ccccc21. The Morgan fingerprint density at radius 3 is 2.60 bits per heavy atom. The summed E-state index contributed by atoms with van der Waals surface area (Å²) < 4.78 is 5.76. The zero-order valence-electron chi connectivity index (χ0n) is 20.7. The van der Waals surface area contributed by atoms with E-state index in [-0.39, 0.29) is 18.2 Å². The lowest BCUT2D eigenvalue weighted by molar-refractivity contribution is -0.121. The molecule has 186 valence electrons. The highest BCUT2D eigenvalue weighted by Crippen LogP contribution is 2.36. The van der Waals surface area contributed by atoms with Gasteiger partial charge in [-0.15, -0.1) is 0 Å². The largest absolute Gasteiger partial charge is 0.380 e. The Labute approximate surface area is 208 Å².